The Morgan fingerprint density at radius 2 is 1.95 bits per heavy atom. The second-order valence-corrected chi connectivity index (χ2v) is 4.01. The van der Waals surface area contributed by atoms with E-state index in [1.807, 2.05) is 0 Å². The van der Waals surface area contributed by atoms with E-state index in [9.17, 15) is 13.6 Å². The van der Waals surface area contributed by atoms with Gasteiger partial charge in [-0.15, -0.1) is 0 Å². The lowest BCUT2D eigenvalue weighted by molar-refractivity contribution is -0.0498. The van der Waals surface area contributed by atoms with Crippen molar-refractivity contribution in [1.29, 1.82) is 0 Å². The van der Waals surface area contributed by atoms with Gasteiger partial charge in [0.1, 0.15) is 11.5 Å². The van der Waals surface area contributed by atoms with Crippen molar-refractivity contribution in [3.05, 3.63) is 47.9 Å². The van der Waals surface area contributed by atoms with E-state index in [1.54, 1.807) is 18.2 Å². The van der Waals surface area contributed by atoms with Gasteiger partial charge in [-0.1, -0.05) is 0 Å². The Morgan fingerprint density at radius 3 is 2.57 bits per heavy atom. The number of rotatable bonds is 6. The van der Waals surface area contributed by atoms with Crippen molar-refractivity contribution >= 4 is 11.7 Å². The molecule has 0 saturated heterocycles. The van der Waals surface area contributed by atoms with Crippen molar-refractivity contribution in [3.63, 3.8) is 0 Å². The Labute approximate surface area is 119 Å². The van der Waals surface area contributed by atoms with E-state index in [1.165, 1.54) is 25.3 Å². The largest absolute Gasteiger partial charge is 0.463 e. The van der Waals surface area contributed by atoms with Crippen LogP contribution >= 0.6 is 0 Å². The van der Waals surface area contributed by atoms with Gasteiger partial charge < -0.3 is 19.2 Å². The number of hydrogen-bond acceptors (Lipinski definition) is 5. The highest BCUT2D eigenvalue weighted by Crippen LogP contribution is 2.18. The summed E-state index contributed by atoms with van der Waals surface area (Å²) < 4.78 is 38.0. The quantitative estimate of drug-likeness (QED) is 0.829. The zero-order chi connectivity index (χ0) is 15.2. The number of carbonyl (C=O) groups is 1. The number of alkyl halides is 2. The van der Waals surface area contributed by atoms with Crippen LogP contribution < -0.4 is 10.1 Å². The minimum absolute atomic E-state index is 0.0847. The van der Waals surface area contributed by atoms with Gasteiger partial charge in [0, 0.05) is 5.69 Å². The normalized spacial score (nSPS) is 10.5. The molecule has 0 bridgehead atoms. The van der Waals surface area contributed by atoms with Crippen LogP contribution in [0.5, 0.6) is 5.75 Å². The van der Waals surface area contributed by atoms with Gasteiger partial charge in [-0.25, -0.2) is 4.79 Å². The molecule has 1 N–H and O–H groups in total. The van der Waals surface area contributed by atoms with Gasteiger partial charge in [0.2, 0.25) is 5.76 Å². The molecule has 5 nitrogen and oxygen atoms in total. The lowest BCUT2D eigenvalue weighted by Gasteiger charge is -2.07. The molecule has 0 fully saturated rings. The summed E-state index contributed by atoms with van der Waals surface area (Å²) in [5, 5.41) is 3.02. The molecular formula is C14H13F2NO4. The summed E-state index contributed by atoms with van der Waals surface area (Å²) in [7, 11) is 1.27. The Morgan fingerprint density at radius 1 is 1.24 bits per heavy atom. The van der Waals surface area contributed by atoms with Crippen LogP contribution in [0.3, 0.4) is 0 Å². The van der Waals surface area contributed by atoms with E-state index in [2.05, 4.69) is 14.8 Å². The number of furan rings is 1. The minimum Gasteiger partial charge on any atom is -0.463 e. The number of anilines is 1. The lowest BCUT2D eigenvalue weighted by Crippen LogP contribution is -2.02. The van der Waals surface area contributed by atoms with Crippen molar-refractivity contribution in [2.45, 2.75) is 13.2 Å². The molecule has 1 heterocycles. The highest BCUT2D eigenvalue weighted by Gasteiger charge is 2.10. The highest BCUT2D eigenvalue weighted by molar-refractivity contribution is 5.86. The maximum atomic E-state index is 12.0. The van der Waals surface area contributed by atoms with Gasteiger partial charge >= 0.3 is 12.6 Å². The number of methoxy groups -OCH3 is 1. The Balaban J connectivity index is 1.90. The summed E-state index contributed by atoms with van der Waals surface area (Å²) in [6.07, 6.45) is 0. The number of ether oxygens (including phenoxy) is 2. The smallest absolute Gasteiger partial charge is 0.387 e. The SMILES string of the molecule is COC(=O)c1ccc(CNc2ccc(OC(F)F)cc2)o1. The maximum Gasteiger partial charge on any atom is 0.387 e. The predicted molar refractivity (Wildman–Crippen MR) is 70.4 cm³/mol. The fourth-order valence-corrected chi connectivity index (χ4v) is 1.63. The molecular weight excluding hydrogens is 284 g/mol. The molecule has 0 aliphatic heterocycles. The van der Waals surface area contributed by atoms with Crippen molar-refractivity contribution in [3.8, 4) is 5.75 Å². The standard InChI is InChI=1S/C14H13F2NO4/c1-19-13(18)12-7-6-11(20-12)8-17-9-2-4-10(5-3-9)21-14(15)16/h2-7,14,17H,8H2,1H3. The van der Waals surface area contributed by atoms with Gasteiger partial charge in [0.05, 0.1) is 13.7 Å². The zero-order valence-corrected chi connectivity index (χ0v) is 11.1. The van der Waals surface area contributed by atoms with E-state index >= 15 is 0 Å². The molecule has 0 atom stereocenters. The summed E-state index contributed by atoms with van der Waals surface area (Å²) in [6.45, 7) is -2.50. The number of benzene rings is 1. The monoisotopic (exact) mass is 297 g/mol. The van der Waals surface area contributed by atoms with Crippen LogP contribution in [0.15, 0.2) is 40.8 Å². The first-order chi connectivity index (χ1) is 10.1. The molecule has 2 rings (SSSR count). The Kier molecular flexibility index (Phi) is 4.76. The van der Waals surface area contributed by atoms with Gasteiger partial charge in [0.25, 0.3) is 0 Å². The number of carbonyl (C=O) groups excluding carboxylic acids is 1. The number of esters is 1. The zero-order valence-electron chi connectivity index (χ0n) is 11.1. The van der Waals surface area contributed by atoms with Crippen molar-refractivity contribution in [1.82, 2.24) is 0 Å². The van der Waals surface area contributed by atoms with E-state index in [4.69, 9.17) is 4.42 Å². The third-order valence-electron chi connectivity index (χ3n) is 2.59. The Hall–Kier alpha value is -2.57. The molecule has 21 heavy (non-hydrogen) atoms. The third-order valence-corrected chi connectivity index (χ3v) is 2.59. The van der Waals surface area contributed by atoms with Crippen LogP contribution in [-0.2, 0) is 11.3 Å². The first-order valence-corrected chi connectivity index (χ1v) is 6.04. The van der Waals surface area contributed by atoms with Crippen LogP contribution in [0.2, 0.25) is 0 Å². The van der Waals surface area contributed by atoms with E-state index < -0.39 is 12.6 Å². The Bertz CT molecular complexity index is 595. The van der Waals surface area contributed by atoms with Crippen molar-refractivity contribution in [2.24, 2.45) is 0 Å². The average Bonchev–Trinajstić information content (AvgIpc) is 2.94. The fourth-order valence-electron chi connectivity index (χ4n) is 1.63. The van der Waals surface area contributed by atoms with E-state index in [0.29, 0.717) is 18.0 Å². The predicted octanol–water partition coefficient (Wildman–Crippen LogP) is 3.28. The van der Waals surface area contributed by atoms with Gasteiger partial charge in [0.15, 0.2) is 0 Å². The molecule has 0 unspecified atom stereocenters. The topological polar surface area (TPSA) is 60.7 Å². The first-order valence-electron chi connectivity index (χ1n) is 6.04. The van der Waals surface area contributed by atoms with Crippen molar-refractivity contribution in [2.75, 3.05) is 12.4 Å². The van der Waals surface area contributed by atoms with Gasteiger partial charge in [-0.05, 0) is 36.4 Å². The summed E-state index contributed by atoms with van der Waals surface area (Å²) >= 11 is 0. The molecule has 1 aromatic carbocycles. The van der Waals surface area contributed by atoms with Crippen LogP contribution in [-0.4, -0.2) is 19.7 Å². The van der Waals surface area contributed by atoms with Crippen LogP contribution in [0.4, 0.5) is 14.5 Å². The molecule has 0 radical (unpaired) electrons. The molecule has 7 heteroatoms. The van der Waals surface area contributed by atoms with Crippen molar-refractivity contribution < 1.29 is 27.5 Å². The van der Waals surface area contributed by atoms with E-state index in [-0.39, 0.29) is 11.5 Å². The number of halogens is 2. The maximum absolute atomic E-state index is 12.0. The van der Waals surface area contributed by atoms with Crippen LogP contribution in [0.25, 0.3) is 0 Å². The molecule has 0 aliphatic rings. The number of nitrogens with one attached hydrogen (secondary N) is 1. The third kappa shape index (κ3) is 4.20. The number of hydrogen-bond donors (Lipinski definition) is 1. The summed E-state index contributed by atoms with van der Waals surface area (Å²) in [6, 6.07) is 9.21. The molecule has 0 saturated carbocycles. The molecule has 1 aromatic heterocycles. The minimum atomic E-state index is -2.84. The second kappa shape index (κ2) is 6.74. The summed E-state index contributed by atoms with van der Waals surface area (Å²) in [5.41, 5.74) is 0.702. The molecule has 0 amide bonds. The molecule has 0 aliphatic carbocycles. The van der Waals surface area contributed by atoms with Crippen LogP contribution in [0, 0.1) is 0 Å². The van der Waals surface area contributed by atoms with Gasteiger partial charge in [-0.3, -0.25) is 0 Å². The van der Waals surface area contributed by atoms with Crippen LogP contribution in [0.1, 0.15) is 16.3 Å². The second-order valence-electron chi connectivity index (χ2n) is 4.01. The first kappa shape index (κ1) is 14.8. The van der Waals surface area contributed by atoms with E-state index in [0.717, 1.165) is 0 Å². The lowest BCUT2D eigenvalue weighted by atomic mass is 10.3. The van der Waals surface area contributed by atoms with Gasteiger partial charge in [-0.2, -0.15) is 8.78 Å². The fraction of sp³-hybridized carbons (Fsp3) is 0.214. The summed E-state index contributed by atoms with van der Waals surface area (Å²) in [4.78, 5) is 11.2. The average molecular weight is 297 g/mol. The molecule has 2 aromatic rings. The summed E-state index contributed by atoms with van der Waals surface area (Å²) in [5.74, 6) is 0.203. The molecule has 112 valence electrons. The highest BCUT2D eigenvalue weighted by atomic mass is 19.3. The molecule has 0 spiro atoms.